The van der Waals surface area contributed by atoms with Crippen LogP contribution in [0.2, 0.25) is 0 Å². The number of benzene rings is 2. The van der Waals surface area contributed by atoms with Gasteiger partial charge in [-0.25, -0.2) is 0 Å². The van der Waals surface area contributed by atoms with Gasteiger partial charge in [0.15, 0.2) is 17.3 Å². The normalized spacial score (nSPS) is 19.6. The smallest absolute Gasteiger partial charge is 0.286 e. The number of para-hydroxylation sites is 2. The number of allylic oxidation sites excluding steroid dienone is 1. The number of fused-ring (bicyclic) bond motifs is 1. The van der Waals surface area contributed by atoms with Gasteiger partial charge in [-0.2, -0.15) is 0 Å². The highest BCUT2D eigenvalue weighted by Gasteiger charge is 2.38. The Bertz CT molecular complexity index is 1170. The first-order chi connectivity index (χ1) is 19.0. The predicted molar refractivity (Wildman–Crippen MR) is 146 cm³/mol. The van der Waals surface area contributed by atoms with Gasteiger partial charge in [-0.05, 0) is 68.5 Å². The number of aliphatic hydroxyl groups is 1. The Morgan fingerprint density at radius 1 is 1.10 bits per heavy atom. The number of ether oxygens (including phenoxy) is 4. The molecule has 210 valence electrons. The zero-order valence-electron chi connectivity index (χ0n) is 22.2. The third-order valence-corrected chi connectivity index (χ3v) is 6.77. The molecular formula is C29H37N3O7. The van der Waals surface area contributed by atoms with Crippen LogP contribution in [0, 0.1) is 5.92 Å². The number of carbonyl (C=O) groups excluding carboxylic acids is 2. The van der Waals surface area contributed by atoms with Crippen LogP contribution in [0.4, 0.5) is 11.4 Å². The van der Waals surface area contributed by atoms with Gasteiger partial charge in [0.25, 0.3) is 5.91 Å². The molecule has 0 aliphatic carbocycles. The summed E-state index contributed by atoms with van der Waals surface area (Å²) in [5.74, 6) is 0.768. The fourth-order valence-corrected chi connectivity index (χ4v) is 4.79. The maximum atomic E-state index is 13.1. The van der Waals surface area contributed by atoms with Crippen LogP contribution in [0.25, 0.3) is 0 Å². The number of nitrogen functional groups attached to an aromatic ring is 1. The minimum atomic E-state index is -0.642. The summed E-state index contributed by atoms with van der Waals surface area (Å²) in [6.45, 7) is 2.91. The van der Waals surface area contributed by atoms with Gasteiger partial charge in [0.2, 0.25) is 19.0 Å². The Kier molecular flexibility index (Phi) is 10.0. The number of nitrogens with two attached hydrogens (primary N) is 1. The number of amides is 2. The fourth-order valence-electron chi connectivity index (χ4n) is 4.79. The molecule has 4 rings (SSSR count). The van der Waals surface area contributed by atoms with Gasteiger partial charge in [0, 0.05) is 38.0 Å². The van der Waals surface area contributed by atoms with E-state index in [1.54, 1.807) is 12.1 Å². The van der Waals surface area contributed by atoms with Crippen molar-refractivity contribution in [2.24, 2.45) is 5.92 Å². The SMILES string of the molecule is CCO[C@@H]1OC(C(=O)NCCCCC(=O)Nc2ccccc2N)=C[C@H](c2ccc3c(c2)OCO3)[C@@H]1CCCO. The molecule has 2 aromatic carbocycles. The molecule has 2 amide bonds. The molecule has 0 spiro atoms. The molecule has 10 heteroatoms. The van der Waals surface area contributed by atoms with Crippen LogP contribution in [-0.2, 0) is 19.1 Å². The van der Waals surface area contributed by atoms with Crippen LogP contribution in [-0.4, -0.2) is 49.8 Å². The van der Waals surface area contributed by atoms with E-state index >= 15 is 0 Å². The molecule has 2 aliphatic rings. The number of nitrogens with one attached hydrogen (secondary N) is 2. The van der Waals surface area contributed by atoms with E-state index < -0.39 is 6.29 Å². The van der Waals surface area contributed by atoms with Crippen LogP contribution < -0.4 is 25.8 Å². The monoisotopic (exact) mass is 539 g/mol. The number of carbonyl (C=O) groups is 2. The maximum Gasteiger partial charge on any atom is 0.286 e. The summed E-state index contributed by atoms with van der Waals surface area (Å²) < 4.78 is 23.0. The number of hydrogen-bond donors (Lipinski definition) is 4. The largest absolute Gasteiger partial charge is 0.459 e. The highest BCUT2D eigenvalue weighted by Crippen LogP contribution is 2.42. The first-order valence-corrected chi connectivity index (χ1v) is 13.4. The van der Waals surface area contributed by atoms with Crippen molar-refractivity contribution in [3.8, 4) is 11.5 Å². The van der Waals surface area contributed by atoms with Crippen molar-refractivity contribution >= 4 is 23.2 Å². The molecule has 10 nitrogen and oxygen atoms in total. The van der Waals surface area contributed by atoms with Gasteiger partial charge in [-0.3, -0.25) is 9.59 Å². The van der Waals surface area contributed by atoms with Gasteiger partial charge in [-0.1, -0.05) is 18.2 Å². The van der Waals surface area contributed by atoms with Gasteiger partial charge in [0.1, 0.15) is 0 Å². The molecule has 0 bridgehead atoms. The first kappa shape index (κ1) is 28.3. The highest BCUT2D eigenvalue weighted by molar-refractivity contribution is 5.93. The molecule has 2 heterocycles. The summed E-state index contributed by atoms with van der Waals surface area (Å²) in [6.07, 6.45) is 3.95. The summed E-state index contributed by atoms with van der Waals surface area (Å²) in [4.78, 5) is 25.3. The lowest BCUT2D eigenvalue weighted by Crippen LogP contribution is -2.39. The molecule has 39 heavy (non-hydrogen) atoms. The van der Waals surface area contributed by atoms with Crippen molar-refractivity contribution in [3.05, 3.63) is 59.9 Å². The van der Waals surface area contributed by atoms with Crippen molar-refractivity contribution in [2.45, 2.75) is 51.2 Å². The Balaban J connectivity index is 1.37. The van der Waals surface area contributed by atoms with Crippen LogP contribution in [0.15, 0.2) is 54.3 Å². The van der Waals surface area contributed by atoms with E-state index in [0.717, 1.165) is 5.56 Å². The average Bonchev–Trinajstić information content (AvgIpc) is 3.41. The summed E-state index contributed by atoms with van der Waals surface area (Å²) >= 11 is 0. The van der Waals surface area contributed by atoms with Crippen LogP contribution in [0.1, 0.15) is 50.5 Å². The Labute approximate surface area is 228 Å². The lowest BCUT2D eigenvalue weighted by Gasteiger charge is -2.37. The third kappa shape index (κ3) is 7.42. The maximum absolute atomic E-state index is 13.1. The molecule has 0 radical (unpaired) electrons. The molecule has 0 aromatic heterocycles. The second-order valence-corrected chi connectivity index (χ2v) is 9.49. The number of hydrogen-bond acceptors (Lipinski definition) is 8. The molecule has 2 aliphatic heterocycles. The van der Waals surface area contributed by atoms with Crippen molar-refractivity contribution in [3.63, 3.8) is 0 Å². The third-order valence-electron chi connectivity index (χ3n) is 6.77. The molecular weight excluding hydrogens is 502 g/mol. The standard InChI is InChI=1S/C29H37N3O7/c1-2-36-29-20(8-7-15-33)21(19-12-13-24-25(16-19)38-18-37-24)17-26(39-29)28(35)31-14-6-5-11-27(34)32-23-10-4-3-9-22(23)30/h3-4,9-10,12-13,16-17,20-21,29,33H,2,5-8,11,14-15,18,30H2,1H3,(H,31,35)(H,32,34)/t20-,21+,29+/m0/s1. The second kappa shape index (κ2) is 13.9. The Hall–Kier alpha value is -3.76. The minimum absolute atomic E-state index is 0.0526. The molecule has 0 saturated carbocycles. The van der Waals surface area contributed by atoms with Crippen LogP contribution in [0.3, 0.4) is 0 Å². The molecule has 2 aromatic rings. The zero-order valence-corrected chi connectivity index (χ0v) is 22.2. The molecule has 0 saturated heterocycles. The number of rotatable bonds is 13. The zero-order chi connectivity index (χ0) is 27.6. The number of unbranched alkanes of at least 4 members (excludes halogenated alkanes) is 1. The lowest BCUT2D eigenvalue weighted by atomic mass is 9.80. The number of aliphatic hydroxyl groups excluding tert-OH is 1. The van der Waals surface area contributed by atoms with Gasteiger partial charge < -0.3 is 40.4 Å². The lowest BCUT2D eigenvalue weighted by molar-refractivity contribution is -0.166. The molecule has 5 N–H and O–H groups in total. The summed E-state index contributed by atoms with van der Waals surface area (Å²) in [5.41, 5.74) is 7.93. The van der Waals surface area contributed by atoms with E-state index in [1.807, 2.05) is 43.3 Å². The Morgan fingerprint density at radius 3 is 2.72 bits per heavy atom. The van der Waals surface area contributed by atoms with E-state index in [9.17, 15) is 14.7 Å². The van der Waals surface area contributed by atoms with Gasteiger partial charge >= 0.3 is 0 Å². The summed E-state index contributed by atoms with van der Waals surface area (Å²) in [5, 5.41) is 15.2. The van der Waals surface area contributed by atoms with Crippen molar-refractivity contribution < 1.29 is 33.6 Å². The van der Waals surface area contributed by atoms with Crippen molar-refractivity contribution in [2.75, 3.05) is 37.6 Å². The Morgan fingerprint density at radius 2 is 1.92 bits per heavy atom. The fraction of sp³-hybridized carbons (Fsp3) is 0.448. The molecule has 0 fully saturated rings. The van der Waals surface area contributed by atoms with Crippen LogP contribution in [0.5, 0.6) is 11.5 Å². The molecule has 0 unspecified atom stereocenters. The summed E-state index contributed by atoms with van der Waals surface area (Å²) in [7, 11) is 0. The van der Waals surface area contributed by atoms with Gasteiger partial charge in [-0.15, -0.1) is 0 Å². The molecule has 3 atom stereocenters. The highest BCUT2D eigenvalue weighted by atomic mass is 16.7. The van der Waals surface area contributed by atoms with Crippen molar-refractivity contribution in [1.29, 1.82) is 0 Å². The van der Waals surface area contributed by atoms with E-state index in [1.165, 1.54) is 0 Å². The van der Waals surface area contributed by atoms with E-state index in [-0.39, 0.29) is 42.8 Å². The minimum Gasteiger partial charge on any atom is -0.459 e. The summed E-state index contributed by atoms with van der Waals surface area (Å²) in [6, 6.07) is 12.9. The average molecular weight is 540 g/mol. The number of anilines is 2. The van der Waals surface area contributed by atoms with Crippen molar-refractivity contribution in [1.82, 2.24) is 5.32 Å². The quantitative estimate of drug-likeness (QED) is 0.223. The first-order valence-electron chi connectivity index (χ1n) is 13.4. The second-order valence-electron chi connectivity index (χ2n) is 9.49. The predicted octanol–water partition coefficient (Wildman–Crippen LogP) is 3.67. The van der Waals surface area contributed by atoms with Crippen LogP contribution >= 0.6 is 0 Å². The van der Waals surface area contributed by atoms with E-state index in [2.05, 4.69) is 10.6 Å². The van der Waals surface area contributed by atoms with E-state index in [4.69, 9.17) is 24.7 Å². The topological polar surface area (TPSA) is 141 Å². The van der Waals surface area contributed by atoms with E-state index in [0.29, 0.717) is 68.1 Å². The van der Waals surface area contributed by atoms with Gasteiger partial charge in [0.05, 0.1) is 11.4 Å².